The molecule has 1 rings (SSSR count). The van der Waals surface area contributed by atoms with Gasteiger partial charge in [0.2, 0.25) is 0 Å². The van der Waals surface area contributed by atoms with Gasteiger partial charge in [0.25, 0.3) is 0 Å². The zero-order chi connectivity index (χ0) is 36.9. The number of carboxylic acids is 3. The molecule has 0 spiro atoms. The van der Waals surface area contributed by atoms with Crippen LogP contribution in [-0.2, 0) is 96.0 Å². The Bertz CT molecular complexity index is 747. The van der Waals surface area contributed by atoms with Crippen LogP contribution in [0, 0.1) is 26.7 Å². The summed E-state index contributed by atoms with van der Waals surface area (Å²) in [5.41, 5.74) is -2.70. The number of carboxylic acid groups (broad SMARTS) is 3. The number of thioether (sulfide) groups is 1. The maximum atomic E-state index is 10.8. The number of aromatic nitrogens is 3. The summed E-state index contributed by atoms with van der Waals surface area (Å²) in [6, 6.07) is 0. The van der Waals surface area contributed by atoms with E-state index in [9.17, 15) is 14.4 Å². The molecule has 0 saturated carbocycles. The van der Waals surface area contributed by atoms with Crippen LogP contribution >= 0.6 is 11.8 Å². The van der Waals surface area contributed by atoms with Gasteiger partial charge in [-0.25, -0.2) is 18.1 Å². The van der Waals surface area contributed by atoms with Gasteiger partial charge in [-0.15, -0.1) is 0 Å². The van der Waals surface area contributed by atoms with Crippen molar-refractivity contribution in [2.45, 2.75) is 40.0 Å². The van der Waals surface area contributed by atoms with Crippen molar-refractivity contribution >= 4 is 105 Å². The molecule has 0 fully saturated rings. The average molecular weight is 1410 g/mol. The van der Waals surface area contributed by atoms with E-state index in [0.717, 1.165) is 37.5 Å². The Morgan fingerprint density at radius 2 is 0.840 bits per heavy atom. The largest absolute Gasteiger partial charge is 1.00 e. The van der Waals surface area contributed by atoms with E-state index in [1.165, 1.54) is 11.8 Å². The third kappa shape index (κ3) is 169. The molecule has 260 valence electrons. The average Bonchev–Trinajstić information content (AvgIpc) is 2.96. The van der Waals surface area contributed by atoms with Crippen LogP contribution in [0.15, 0.2) is 14.4 Å². The van der Waals surface area contributed by atoms with E-state index in [1.807, 2.05) is 0 Å². The molecular weight excluding hydrogens is 1370 g/mol. The summed E-state index contributed by atoms with van der Waals surface area (Å²) in [7, 11) is 0. The SMILES string of the molecule is CC(=O)[O-].CC(=O)[O-].CC(=O)[O-].CSCn1c(=O)[n-]c(=O)[n-]c1=O.C[S-].C[S-].C[S-].C[S-].C[S-].[CH2-]C.[CH2-]CC([CH2-])C[S-].[Rb+].[Rb+].[Rb+].[Rb+].[Rb+].[Rb+].[Rb+].[Rb+]. The zero-order valence-electron chi connectivity index (χ0n) is 33.7. The minimum Gasteiger partial charge on any atom is -0.796 e. The van der Waals surface area contributed by atoms with Gasteiger partial charge in [0.15, 0.2) is 0 Å². The van der Waals surface area contributed by atoms with Gasteiger partial charge in [-0.2, -0.15) is 50.0 Å². The van der Waals surface area contributed by atoms with E-state index in [1.54, 1.807) is 44.5 Å². The van der Waals surface area contributed by atoms with Gasteiger partial charge in [-0.05, 0) is 32.9 Å². The number of carbonyl (C=O) groups is 3. The topological polar surface area (TPSA) is 205 Å². The Kier molecular flexibility index (Phi) is 300. The second kappa shape index (κ2) is 125. The third-order valence-electron chi connectivity index (χ3n) is 1.75. The van der Waals surface area contributed by atoms with Gasteiger partial charge in [0.1, 0.15) is 17.1 Å². The molecule has 1 unspecified atom stereocenters. The molecule has 1 heterocycles. The van der Waals surface area contributed by atoms with Crippen molar-refractivity contribution in [2.24, 2.45) is 5.92 Å². The first-order valence-corrected chi connectivity index (χ1v) is 16.5. The van der Waals surface area contributed by atoms with E-state index >= 15 is 0 Å². The minimum atomic E-state index is -1.08. The Balaban J connectivity index is -0.0000000150. The molecule has 0 aliphatic rings. The number of hydrogen-bond acceptors (Lipinski definition) is 16. The fourth-order valence-electron chi connectivity index (χ4n) is 0.714. The molecule has 0 amide bonds. The molecule has 1 aromatic heterocycles. The first-order valence-electron chi connectivity index (χ1n) is 10.5. The fraction of sp³-hybridized carbons (Fsp3) is 0.609. The smallest absolute Gasteiger partial charge is 0.796 e. The molecule has 0 bridgehead atoms. The normalized spacial score (nSPS) is 6.38. The van der Waals surface area contributed by atoms with Crippen molar-refractivity contribution in [1.82, 2.24) is 14.5 Å². The standard InChI is InChI=1S/C5H7N3O3S.C5H10S.3C2H4O2.C2H5.5CH4S.8Rb/c1-12-2-8-4(10)6-3(9)7-5(8)11;1-3-5(2)4-6;3*1-2(3)4;6*1-2;;;;;;;;/h2H2,1H3,(H2,6,7,9,10,11);5-6H,1-4H2;3*1H3,(H,3,4);1H2,2H3;5*2H,1H3;;;;;;;;/q;-2;;;;-1;;;;;;8*+1/p-11. The molecule has 1 aromatic rings. The minimum absolute atomic E-state index is 0. The van der Waals surface area contributed by atoms with Crippen molar-refractivity contribution in [2.75, 3.05) is 43.3 Å². The predicted octanol–water partition coefficient (Wildman–Crippen LogP) is -27.0. The molecule has 12 nitrogen and oxygen atoms in total. The van der Waals surface area contributed by atoms with Crippen LogP contribution in [0.3, 0.4) is 0 Å². The Morgan fingerprint density at radius 1 is 0.660 bits per heavy atom. The van der Waals surface area contributed by atoms with E-state index in [0.29, 0.717) is 5.92 Å². The van der Waals surface area contributed by atoms with Crippen molar-refractivity contribution in [3.05, 3.63) is 52.2 Å². The van der Waals surface area contributed by atoms with Crippen molar-refractivity contribution in [3.63, 3.8) is 0 Å². The van der Waals surface area contributed by atoms with Crippen LogP contribution in [0.4, 0.5) is 0 Å². The Morgan fingerprint density at radius 3 is 0.940 bits per heavy atom. The van der Waals surface area contributed by atoms with Gasteiger partial charge in [-0.3, -0.25) is 0 Å². The van der Waals surface area contributed by atoms with Crippen LogP contribution < -0.4 is 508 Å². The van der Waals surface area contributed by atoms with Gasteiger partial charge in [0, 0.05) is 17.9 Å². The molecular formula is C23H43N3O9Rb8S7-6. The predicted molar refractivity (Wildman–Crippen MR) is 184 cm³/mol. The van der Waals surface area contributed by atoms with Crippen molar-refractivity contribution in [1.29, 1.82) is 0 Å². The maximum absolute atomic E-state index is 10.8. The van der Waals surface area contributed by atoms with E-state index in [4.69, 9.17) is 29.7 Å². The summed E-state index contributed by atoms with van der Waals surface area (Å²) >= 11 is 26.4. The van der Waals surface area contributed by atoms with Gasteiger partial charge in [-0.1, -0.05) is 0 Å². The van der Waals surface area contributed by atoms with Crippen molar-refractivity contribution in [3.8, 4) is 0 Å². The number of carbonyl (C=O) groups excluding carboxylic acids is 3. The summed E-state index contributed by atoms with van der Waals surface area (Å²) in [6.07, 6.45) is 10.5. The second-order valence-electron chi connectivity index (χ2n) is 4.71. The van der Waals surface area contributed by atoms with Crippen LogP contribution in [0.5, 0.6) is 0 Å². The van der Waals surface area contributed by atoms with E-state index in [-0.39, 0.29) is 471 Å². The van der Waals surface area contributed by atoms with Gasteiger partial charge >= 0.3 is 465 Å². The summed E-state index contributed by atoms with van der Waals surface area (Å²) in [4.78, 5) is 64.8. The molecule has 0 N–H and O–H groups in total. The first-order chi connectivity index (χ1) is 19.7. The van der Waals surface area contributed by atoms with Crippen molar-refractivity contribution < 1.29 is 495 Å². The molecule has 0 aromatic carbocycles. The van der Waals surface area contributed by atoms with Gasteiger partial charge in [0.05, 0.1) is 0 Å². The quantitative estimate of drug-likeness (QED) is 0.203. The number of rotatable bonds is 4. The van der Waals surface area contributed by atoms with Crippen LogP contribution in [-0.4, -0.2) is 65.8 Å². The van der Waals surface area contributed by atoms with Crippen LogP contribution in [0.2, 0.25) is 0 Å². The molecule has 0 aliphatic carbocycles. The Labute approximate surface area is 731 Å². The third-order valence-corrected chi connectivity index (χ3v) is 2.73. The summed E-state index contributed by atoms with van der Waals surface area (Å²) in [6.45, 7) is 15.3. The van der Waals surface area contributed by atoms with Crippen LogP contribution in [0.25, 0.3) is 0 Å². The monoisotopic (exact) mass is 1410 g/mol. The molecule has 27 heteroatoms. The number of aliphatic carboxylic acids is 3. The maximum Gasteiger partial charge on any atom is 1.00 e. The zero-order valence-corrected chi connectivity index (χ0v) is 78.7. The molecule has 1 atom stereocenters. The number of hydrogen-bond donors (Lipinski definition) is 0. The molecule has 50 heavy (non-hydrogen) atoms. The first kappa shape index (κ1) is 120. The fourth-order valence-corrected chi connectivity index (χ4v) is 1.36. The molecule has 0 radical (unpaired) electrons. The molecule has 0 aliphatic heterocycles. The summed E-state index contributed by atoms with van der Waals surface area (Å²) < 4.78 is 0.798. The summed E-state index contributed by atoms with van der Waals surface area (Å²) in [5.74, 6) is -1.96. The second-order valence-corrected chi connectivity index (χ2v) is 5.88. The summed E-state index contributed by atoms with van der Waals surface area (Å²) in [5, 5.41) is 26.7. The van der Waals surface area contributed by atoms with Gasteiger partial charge < -0.3 is 155 Å². The Hall–Kier alpha value is 13.7. The van der Waals surface area contributed by atoms with E-state index < -0.39 is 35.0 Å². The van der Waals surface area contributed by atoms with Crippen LogP contribution in [0.1, 0.15) is 34.1 Å². The van der Waals surface area contributed by atoms with E-state index in [2.05, 4.69) is 107 Å². The number of nitrogens with zero attached hydrogens (tertiary/aromatic N) is 3. The molecule has 0 saturated heterocycles.